The third-order valence-corrected chi connectivity index (χ3v) is 10.00. The molecule has 0 aliphatic heterocycles. The number of benzene rings is 7. The van der Waals surface area contributed by atoms with E-state index in [-0.39, 0.29) is 5.41 Å². The summed E-state index contributed by atoms with van der Waals surface area (Å²) < 4.78 is 8.69. The van der Waals surface area contributed by atoms with E-state index < -0.39 is 0 Å². The van der Waals surface area contributed by atoms with Crippen LogP contribution in [0.2, 0.25) is 0 Å². The summed E-state index contributed by atoms with van der Waals surface area (Å²) in [5.41, 5.74) is 11.5. The fourth-order valence-electron chi connectivity index (χ4n) is 7.83. The highest BCUT2D eigenvalue weighted by Crippen LogP contribution is 2.51. The Morgan fingerprint density at radius 2 is 1.36 bits per heavy atom. The zero-order valence-corrected chi connectivity index (χ0v) is 25.0. The Morgan fingerprint density at radius 3 is 2.29 bits per heavy atom. The lowest BCUT2D eigenvalue weighted by molar-refractivity contribution is 0.620. The molecule has 0 spiro atoms. The number of rotatable bonds is 2. The predicted octanol–water partition coefficient (Wildman–Crippen LogP) is 11.2. The average molecular weight is 577 g/mol. The van der Waals surface area contributed by atoms with Gasteiger partial charge >= 0.3 is 0 Å². The van der Waals surface area contributed by atoms with E-state index in [9.17, 15) is 0 Å². The van der Waals surface area contributed by atoms with Crippen LogP contribution < -0.4 is 0 Å². The van der Waals surface area contributed by atoms with Crippen molar-refractivity contribution in [2.24, 2.45) is 0 Å². The van der Waals surface area contributed by atoms with E-state index in [4.69, 9.17) is 9.40 Å². The van der Waals surface area contributed by atoms with Crippen molar-refractivity contribution in [3.05, 3.63) is 145 Å². The van der Waals surface area contributed by atoms with Gasteiger partial charge in [0.25, 0.3) is 0 Å². The Hall–Kier alpha value is -5.67. The fraction of sp³-hybridized carbons (Fsp3) is 0.0714. The van der Waals surface area contributed by atoms with Crippen LogP contribution in [0.1, 0.15) is 25.0 Å². The lowest BCUT2D eigenvalue weighted by Gasteiger charge is -2.21. The minimum Gasteiger partial charge on any atom is -0.436 e. The summed E-state index contributed by atoms with van der Waals surface area (Å²) in [4.78, 5) is 4.83. The molecule has 0 fully saturated rings. The maximum Gasteiger partial charge on any atom is 0.227 e. The van der Waals surface area contributed by atoms with Gasteiger partial charge in [-0.05, 0) is 80.9 Å². The van der Waals surface area contributed by atoms with E-state index in [1.165, 1.54) is 65.6 Å². The van der Waals surface area contributed by atoms with Crippen molar-refractivity contribution in [1.82, 2.24) is 9.55 Å². The molecule has 3 heteroatoms. The Balaban J connectivity index is 1.33. The van der Waals surface area contributed by atoms with E-state index in [1.54, 1.807) is 0 Å². The summed E-state index contributed by atoms with van der Waals surface area (Å²) in [6.07, 6.45) is 0. The summed E-state index contributed by atoms with van der Waals surface area (Å²) in [7, 11) is 0. The molecule has 0 atom stereocenters. The van der Waals surface area contributed by atoms with Gasteiger partial charge in [0, 0.05) is 32.8 Å². The Labute approximate surface area is 260 Å². The van der Waals surface area contributed by atoms with Gasteiger partial charge in [0.15, 0.2) is 5.58 Å². The third-order valence-electron chi connectivity index (χ3n) is 10.00. The molecular weight excluding hydrogens is 548 g/mol. The Morgan fingerprint density at radius 1 is 0.578 bits per heavy atom. The molecule has 3 nitrogen and oxygen atoms in total. The van der Waals surface area contributed by atoms with Gasteiger partial charge in [-0.2, -0.15) is 0 Å². The molecule has 9 aromatic rings. The van der Waals surface area contributed by atoms with Gasteiger partial charge in [-0.15, -0.1) is 0 Å². The largest absolute Gasteiger partial charge is 0.436 e. The highest BCUT2D eigenvalue weighted by molar-refractivity contribution is 6.23. The molecule has 0 N–H and O–H groups in total. The van der Waals surface area contributed by atoms with Gasteiger partial charge in [-0.3, -0.25) is 0 Å². The lowest BCUT2D eigenvalue weighted by atomic mass is 9.82. The quantitative estimate of drug-likeness (QED) is 0.192. The van der Waals surface area contributed by atoms with E-state index >= 15 is 0 Å². The van der Waals surface area contributed by atoms with Crippen LogP contribution in [-0.2, 0) is 5.41 Å². The van der Waals surface area contributed by atoms with Crippen molar-refractivity contribution in [2.45, 2.75) is 19.3 Å². The molecule has 0 amide bonds. The number of para-hydroxylation sites is 2. The number of nitrogens with zero attached hydrogens (tertiary/aromatic N) is 2. The predicted molar refractivity (Wildman–Crippen MR) is 186 cm³/mol. The van der Waals surface area contributed by atoms with Crippen LogP contribution in [0.4, 0.5) is 0 Å². The number of aromatic nitrogens is 2. The summed E-state index contributed by atoms with van der Waals surface area (Å²) in [5, 5.41) is 7.55. The van der Waals surface area contributed by atoms with Crippen LogP contribution in [0.5, 0.6) is 0 Å². The van der Waals surface area contributed by atoms with Crippen LogP contribution in [0.3, 0.4) is 0 Å². The first kappa shape index (κ1) is 24.7. The van der Waals surface area contributed by atoms with Crippen molar-refractivity contribution in [1.29, 1.82) is 0 Å². The highest BCUT2D eigenvalue weighted by Gasteiger charge is 2.36. The van der Waals surface area contributed by atoms with Crippen LogP contribution >= 0.6 is 0 Å². The maximum absolute atomic E-state index is 6.22. The molecule has 0 saturated carbocycles. The van der Waals surface area contributed by atoms with E-state index in [0.717, 1.165) is 22.4 Å². The van der Waals surface area contributed by atoms with Gasteiger partial charge in [0.2, 0.25) is 5.89 Å². The number of fused-ring (bicyclic) bond motifs is 11. The van der Waals surface area contributed by atoms with E-state index in [1.807, 2.05) is 24.3 Å². The highest BCUT2D eigenvalue weighted by atomic mass is 16.3. The number of hydrogen-bond donors (Lipinski definition) is 0. The van der Waals surface area contributed by atoms with Gasteiger partial charge in [-0.1, -0.05) is 105 Å². The molecule has 0 unspecified atom stereocenters. The first-order chi connectivity index (χ1) is 22.1. The topological polar surface area (TPSA) is 31.0 Å². The van der Waals surface area contributed by atoms with Gasteiger partial charge in [0.1, 0.15) is 5.52 Å². The summed E-state index contributed by atoms with van der Waals surface area (Å²) in [6, 6.07) is 48.2. The molecule has 45 heavy (non-hydrogen) atoms. The molecule has 212 valence electrons. The smallest absolute Gasteiger partial charge is 0.227 e. The van der Waals surface area contributed by atoms with Crippen LogP contribution in [0.25, 0.3) is 82.7 Å². The molecule has 1 aliphatic rings. The number of hydrogen-bond acceptors (Lipinski definition) is 2. The molecule has 0 bridgehead atoms. The molecular formula is C42H28N2O. The van der Waals surface area contributed by atoms with Crippen molar-refractivity contribution in [3.63, 3.8) is 0 Å². The molecule has 0 radical (unpaired) electrons. The normalized spacial score (nSPS) is 13.7. The molecule has 2 heterocycles. The van der Waals surface area contributed by atoms with Gasteiger partial charge < -0.3 is 8.98 Å². The zero-order chi connectivity index (χ0) is 29.9. The van der Waals surface area contributed by atoms with Crippen molar-refractivity contribution in [2.75, 3.05) is 0 Å². The zero-order valence-electron chi connectivity index (χ0n) is 25.0. The SMILES string of the molecule is CC1(C)c2ccccc2-c2cc3c4ccc5c6ccccc6ccc5c4n(-c4cccc(-c5nc6ccccc6o5)c4)c3cc21. The average Bonchev–Trinajstić information content (AvgIpc) is 3.73. The molecule has 2 aromatic heterocycles. The second-order valence-electron chi connectivity index (χ2n) is 12.8. The summed E-state index contributed by atoms with van der Waals surface area (Å²) in [6.45, 7) is 4.71. The van der Waals surface area contributed by atoms with Gasteiger partial charge in [0.05, 0.1) is 11.0 Å². The summed E-state index contributed by atoms with van der Waals surface area (Å²) in [5.74, 6) is 0.632. The first-order valence-corrected chi connectivity index (χ1v) is 15.6. The van der Waals surface area contributed by atoms with E-state index in [0.29, 0.717) is 5.89 Å². The van der Waals surface area contributed by atoms with Crippen molar-refractivity contribution in [3.8, 4) is 28.3 Å². The minimum absolute atomic E-state index is 0.0975. The molecule has 10 rings (SSSR count). The van der Waals surface area contributed by atoms with Crippen LogP contribution in [0.15, 0.2) is 138 Å². The van der Waals surface area contributed by atoms with Crippen molar-refractivity contribution < 1.29 is 4.42 Å². The Kier molecular flexibility index (Phi) is 4.79. The molecule has 7 aromatic carbocycles. The maximum atomic E-state index is 6.22. The third kappa shape index (κ3) is 3.33. The fourth-order valence-corrected chi connectivity index (χ4v) is 7.83. The molecule has 1 aliphatic carbocycles. The van der Waals surface area contributed by atoms with Gasteiger partial charge in [-0.25, -0.2) is 4.98 Å². The van der Waals surface area contributed by atoms with Crippen molar-refractivity contribution >= 4 is 54.5 Å². The second kappa shape index (κ2) is 8.71. The molecule has 0 saturated heterocycles. The monoisotopic (exact) mass is 576 g/mol. The first-order valence-electron chi connectivity index (χ1n) is 15.6. The van der Waals surface area contributed by atoms with Crippen LogP contribution in [0, 0.1) is 0 Å². The van der Waals surface area contributed by atoms with Crippen LogP contribution in [-0.4, -0.2) is 9.55 Å². The standard InChI is InChI=1S/C42H28N2O/c1-42(2)35-15-6-5-14-30(35)33-23-34-32-21-20-29-28-13-4-3-10-25(28)18-19-31(29)40(32)44(38(34)24-36(33)42)27-12-9-11-26(22-27)41-43-37-16-7-8-17-39(37)45-41/h3-24H,1-2H3. The van der Waals surface area contributed by atoms with E-state index in [2.05, 4.69) is 128 Å². The lowest BCUT2D eigenvalue weighted by Crippen LogP contribution is -2.14. The summed E-state index contributed by atoms with van der Waals surface area (Å²) >= 11 is 0. The second-order valence-corrected chi connectivity index (χ2v) is 12.8. The Bertz CT molecular complexity index is 2650. The minimum atomic E-state index is -0.0975. The number of oxazole rings is 1.